The van der Waals surface area contributed by atoms with Gasteiger partial charge >= 0.3 is 0 Å². The molecule has 0 saturated carbocycles. The lowest BCUT2D eigenvalue weighted by Gasteiger charge is -2.21. The summed E-state index contributed by atoms with van der Waals surface area (Å²) >= 11 is 3.49. The number of hydrogen-bond acceptors (Lipinski definition) is 4. The van der Waals surface area contributed by atoms with E-state index >= 15 is 0 Å². The molecular weight excluding hydrogens is 248 g/mol. The van der Waals surface area contributed by atoms with E-state index in [1.807, 2.05) is 16.8 Å². The third kappa shape index (κ3) is 3.37. The lowest BCUT2D eigenvalue weighted by atomic mass is 10.1. The van der Waals surface area contributed by atoms with E-state index in [2.05, 4.69) is 47.0 Å². The second kappa shape index (κ2) is 6.28. The number of rotatable bonds is 6. The molecule has 0 aliphatic heterocycles. The van der Waals surface area contributed by atoms with Crippen molar-refractivity contribution in [3.8, 4) is 0 Å². The molecule has 2 nitrogen and oxygen atoms in total. The van der Waals surface area contributed by atoms with Crippen LogP contribution in [-0.2, 0) is 0 Å². The highest BCUT2D eigenvalue weighted by Crippen LogP contribution is 2.26. The first kappa shape index (κ1) is 12.7. The van der Waals surface area contributed by atoms with E-state index < -0.39 is 0 Å². The summed E-state index contributed by atoms with van der Waals surface area (Å²) in [5.41, 5.74) is 3.04. The highest BCUT2D eigenvalue weighted by molar-refractivity contribution is 7.10. The maximum Gasteiger partial charge on any atom is 0.0795 e. The molecular formula is C13H18N2S2. The van der Waals surface area contributed by atoms with E-state index in [0.29, 0.717) is 12.1 Å². The van der Waals surface area contributed by atoms with Crippen molar-refractivity contribution in [3.05, 3.63) is 39.0 Å². The van der Waals surface area contributed by atoms with Gasteiger partial charge in [0.05, 0.1) is 11.2 Å². The van der Waals surface area contributed by atoms with Gasteiger partial charge in [0.25, 0.3) is 0 Å². The second-order valence-corrected chi connectivity index (χ2v) is 5.86. The number of thiazole rings is 1. The van der Waals surface area contributed by atoms with Crippen LogP contribution in [0, 0.1) is 0 Å². The van der Waals surface area contributed by atoms with E-state index in [4.69, 9.17) is 0 Å². The molecule has 0 aliphatic carbocycles. The summed E-state index contributed by atoms with van der Waals surface area (Å²) in [4.78, 5) is 5.80. The van der Waals surface area contributed by atoms with Crippen molar-refractivity contribution in [2.75, 3.05) is 0 Å². The standard InChI is InChI=1S/C13H18N2S2/c1-3-5-11(13-6-4-7-17-13)15-10(2)12-8-16-9-14-12/h4,6-11,15H,3,5H2,1-2H3. The van der Waals surface area contributed by atoms with Gasteiger partial charge in [0.1, 0.15) is 0 Å². The topological polar surface area (TPSA) is 24.9 Å². The molecule has 0 fully saturated rings. The van der Waals surface area contributed by atoms with Crippen LogP contribution in [0.4, 0.5) is 0 Å². The van der Waals surface area contributed by atoms with Gasteiger partial charge in [0.15, 0.2) is 0 Å². The number of thiophene rings is 1. The van der Waals surface area contributed by atoms with E-state index in [-0.39, 0.29) is 0 Å². The molecule has 1 N–H and O–H groups in total. The Hall–Kier alpha value is -0.710. The number of nitrogens with one attached hydrogen (secondary N) is 1. The molecule has 2 aromatic heterocycles. The van der Waals surface area contributed by atoms with Crippen LogP contribution >= 0.6 is 22.7 Å². The minimum Gasteiger partial charge on any atom is -0.301 e. The summed E-state index contributed by atoms with van der Waals surface area (Å²) in [6.45, 7) is 4.42. The zero-order chi connectivity index (χ0) is 12.1. The Labute approximate surface area is 111 Å². The van der Waals surface area contributed by atoms with E-state index in [1.165, 1.54) is 17.7 Å². The molecule has 0 aliphatic rings. The van der Waals surface area contributed by atoms with Crippen molar-refractivity contribution in [1.82, 2.24) is 10.3 Å². The predicted octanol–water partition coefficient (Wildman–Crippen LogP) is 4.40. The summed E-state index contributed by atoms with van der Waals surface area (Å²) in [6.07, 6.45) is 2.37. The Morgan fingerprint density at radius 1 is 1.47 bits per heavy atom. The molecule has 2 atom stereocenters. The number of nitrogens with zero attached hydrogens (tertiary/aromatic N) is 1. The van der Waals surface area contributed by atoms with Crippen molar-refractivity contribution in [2.24, 2.45) is 0 Å². The largest absolute Gasteiger partial charge is 0.301 e. The maximum absolute atomic E-state index is 4.37. The summed E-state index contributed by atoms with van der Waals surface area (Å²) in [6, 6.07) is 5.11. The first-order chi connectivity index (χ1) is 8.31. The van der Waals surface area contributed by atoms with Crippen molar-refractivity contribution in [2.45, 2.75) is 38.8 Å². The smallest absolute Gasteiger partial charge is 0.0795 e. The Bertz CT molecular complexity index is 409. The highest BCUT2D eigenvalue weighted by atomic mass is 32.1. The van der Waals surface area contributed by atoms with Crippen LogP contribution in [0.5, 0.6) is 0 Å². The minimum absolute atomic E-state index is 0.319. The molecule has 17 heavy (non-hydrogen) atoms. The summed E-state index contributed by atoms with van der Waals surface area (Å²) < 4.78 is 0. The van der Waals surface area contributed by atoms with Crippen LogP contribution in [0.2, 0.25) is 0 Å². The molecule has 4 heteroatoms. The molecule has 0 bridgehead atoms. The fraction of sp³-hybridized carbons (Fsp3) is 0.462. The Morgan fingerprint density at radius 3 is 2.94 bits per heavy atom. The molecule has 0 spiro atoms. The van der Waals surface area contributed by atoms with Crippen LogP contribution in [0.3, 0.4) is 0 Å². The molecule has 0 amide bonds. The van der Waals surface area contributed by atoms with Crippen molar-refractivity contribution < 1.29 is 0 Å². The molecule has 92 valence electrons. The summed E-state index contributed by atoms with van der Waals surface area (Å²) in [5, 5.41) is 7.94. The average molecular weight is 266 g/mol. The second-order valence-electron chi connectivity index (χ2n) is 4.16. The van der Waals surface area contributed by atoms with E-state index in [0.717, 1.165) is 5.69 Å². The van der Waals surface area contributed by atoms with Gasteiger partial charge in [0.2, 0.25) is 0 Å². The van der Waals surface area contributed by atoms with E-state index in [9.17, 15) is 0 Å². The summed E-state index contributed by atoms with van der Waals surface area (Å²) in [7, 11) is 0. The molecule has 0 aromatic carbocycles. The van der Waals surface area contributed by atoms with Gasteiger partial charge in [0, 0.05) is 22.3 Å². The molecule has 0 saturated heterocycles. The van der Waals surface area contributed by atoms with Gasteiger partial charge in [-0.25, -0.2) is 4.98 Å². The van der Waals surface area contributed by atoms with Gasteiger partial charge in [-0.05, 0) is 24.8 Å². The van der Waals surface area contributed by atoms with Crippen LogP contribution in [0.25, 0.3) is 0 Å². The third-order valence-electron chi connectivity index (χ3n) is 2.81. The fourth-order valence-electron chi connectivity index (χ4n) is 1.91. The van der Waals surface area contributed by atoms with Gasteiger partial charge in [-0.2, -0.15) is 0 Å². The third-order valence-corrected chi connectivity index (χ3v) is 4.40. The lowest BCUT2D eigenvalue weighted by molar-refractivity contribution is 0.440. The Balaban J connectivity index is 2.03. The number of hydrogen-bond donors (Lipinski definition) is 1. The highest BCUT2D eigenvalue weighted by Gasteiger charge is 2.16. The van der Waals surface area contributed by atoms with Gasteiger partial charge < -0.3 is 5.32 Å². The lowest BCUT2D eigenvalue weighted by Crippen LogP contribution is -2.24. The monoisotopic (exact) mass is 266 g/mol. The van der Waals surface area contributed by atoms with Gasteiger partial charge in [-0.15, -0.1) is 22.7 Å². The van der Waals surface area contributed by atoms with Crippen molar-refractivity contribution >= 4 is 22.7 Å². The first-order valence-corrected chi connectivity index (χ1v) is 7.81. The Morgan fingerprint density at radius 2 is 2.35 bits per heavy atom. The number of aromatic nitrogens is 1. The van der Waals surface area contributed by atoms with Crippen molar-refractivity contribution in [3.63, 3.8) is 0 Å². The first-order valence-electron chi connectivity index (χ1n) is 5.98. The van der Waals surface area contributed by atoms with Crippen molar-refractivity contribution in [1.29, 1.82) is 0 Å². The van der Waals surface area contributed by atoms with Crippen LogP contribution in [0.1, 0.15) is 49.3 Å². The SMILES string of the molecule is CCCC(NC(C)c1cscn1)c1cccs1. The molecule has 0 radical (unpaired) electrons. The van der Waals surface area contributed by atoms with E-state index in [1.54, 1.807) is 11.3 Å². The zero-order valence-electron chi connectivity index (χ0n) is 10.2. The normalized spacial score (nSPS) is 14.7. The molecule has 2 heterocycles. The van der Waals surface area contributed by atoms with Crippen LogP contribution in [0.15, 0.2) is 28.4 Å². The maximum atomic E-state index is 4.37. The van der Waals surface area contributed by atoms with Crippen LogP contribution in [-0.4, -0.2) is 4.98 Å². The quantitative estimate of drug-likeness (QED) is 0.838. The van der Waals surface area contributed by atoms with Gasteiger partial charge in [-0.1, -0.05) is 19.4 Å². The molecule has 2 unspecified atom stereocenters. The van der Waals surface area contributed by atoms with Gasteiger partial charge in [-0.3, -0.25) is 0 Å². The fourth-order valence-corrected chi connectivity index (χ4v) is 3.38. The minimum atomic E-state index is 0.319. The predicted molar refractivity (Wildman–Crippen MR) is 75.6 cm³/mol. The molecule has 2 aromatic rings. The average Bonchev–Trinajstić information content (AvgIpc) is 3.01. The zero-order valence-corrected chi connectivity index (χ0v) is 11.9. The summed E-state index contributed by atoms with van der Waals surface area (Å²) in [5.74, 6) is 0. The Kier molecular flexibility index (Phi) is 4.71. The molecule has 2 rings (SSSR count). The van der Waals surface area contributed by atoms with Crippen LogP contribution < -0.4 is 5.32 Å².